The Morgan fingerprint density at radius 1 is 1.18 bits per heavy atom. The van der Waals surface area contributed by atoms with E-state index in [2.05, 4.69) is 0 Å². The van der Waals surface area contributed by atoms with E-state index >= 15 is 0 Å². The molecule has 1 aromatic carbocycles. The van der Waals surface area contributed by atoms with Gasteiger partial charge in [-0.15, -0.1) is 0 Å². The van der Waals surface area contributed by atoms with Crippen LogP contribution < -0.4 is 0 Å². The van der Waals surface area contributed by atoms with Crippen LogP contribution in [0, 0.1) is 0 Å². The van der Waals surface area contributed by atoms with Crippen LogP contribution in [0.3, 0.4) is 0 Å². The molecular weight excluding hydrogens is 220 g/mol. The Morgan fingerprint density at radius 3 is 2.47 bits per heavy atom. The van der Waals surface area contributed by atoms with Gasteiger partial charge >= 0.3 is 0 Å². The van der Waals surface area contributed by atoms with Gasteiger partial charge in [0.25, 0.3) is 0 Å². The Bertz CT molecular complexity index is 341. The lowest BCUT2D eigenvalue weighted by molar-refractivity contribution is -0.0449. The fourth-order valence-electron chi connectivity index (χ4n) is 1.94. The number of hydrogen-bond acceptors (Lipinski definition) is 4. The van der Waals surface area contributed by atoms with Crippen LogP contribution in [-0.2, 0) is 16.1 Å². The third-order valence-corrected chi connectivity index (χ3v) is 2.99. The molecule has 0 aliphatic carbocycles. The summed E-state index contributed by atoms with van der Waals surface area (Å²) in [5.74, 6) is 0. The molecule has 0 amide bonds. The van der Waals surface area contributed by atoms with Crippen molar-refractivity contribution in [2.24, 2.45) is 0 Å². The molecule has 94 valence electrons. The first-order valence-electron chi connectivity index (χ1n) is 5.81. The van der Waals surface area contributed by atoms with Crippen LogP contribution in [-0.4, -0.2) is 41.2 Å². The summed E-state index contributed by atoms with van der Waals surface area (Å²) in [5, 5.41) is 19.2. The molecule has 1 heterocycles. The van der Waals surface area contributed by atoms with E-state index in [9.17, 15) is 10.2 Å². The predicted molar refractivity (Wildman–Crippen MR) is 62.4 cm³/mol. The molecule has 1 saturated heterocycles. The molecule has 4 atom stereocenters. The highest BCUT2D eigenvalue weighted by atomic mass is 16.6. The van der Waals surface area contributed by atoms with E-state index < -0.39 is 18.3 Å². The smallest absolute Gasteiger partial charge is 0.111 e. The zero-order chi connectivity index (χ0) is 12.3. The quantitative estimate of drug-likeness (QED) is 0.811. The molecule has 4 heteroatoms. The summed E-state index contributed by atoms with van der Waals surface area (Å²) in [6.45, 7) is 2.51. The second-order valence-corrected chi connectivity index (χ2v) is 4.36. The molecule has 0 aromatic heterocycles. The minimum absolute atomic E-state index is 0.289. The average Bonchev–Trinajstić information content (AvgIpc) is 2.59. The van der Waals surface area contributed by atoms with Crippen molar-refractivity contribution < 1.29 is 19.7 Å². The zero-order valence-electron chi connectivity index (χ0n) is 9.82. The first-order valence-corrected chi connectivity index (χ1v) is 5.81. The predicted octanol–water partition coefficient (Wildman–Crippen LogP) is 0.712. The van der Waals surface area contributed by atoms with E-state index in [1.54, 1.807) is 6.92 Å². The van der Waals surface area contributed by atoms with Crippen molar-refractivity contribution >= 4 is 0 Å². The maximum absolute atomic E-state index is 9.67. The summed E-state index contributed by atoms with van der Waals surface area (Å²) in [6, 6.07) is 9.80. The topological polar surface area (TPSA) is 58.9 Å². The minimum Gasteiger partial charge on any atom is -0.388 e. The fourth-order valence-corrected chi connectivity index (χ4v) is 1.94. The number of rotatable bonds is 4. The maximum Gasteiger partial charge on any atom is 0.111 e. The summed E-state index contributed by atoms with van der Waals surface area (Å²) >= 11 is 0. The highest BCUT2D eigenvalue weighted by Crippen LogP contribution is 2.21. The average molecular weight is 238 g/mol. The van der Waals surface area contributed by atoms with Gasteiger partial charge in [-0.3, -0.25) is 0 Å². The summed E-state index contributed by atoms with van der Waals surface area (Å²) in [6.07, 6.45) is -2.46. The van der Waals surface area contributed by atoms with E-state index in [0.29, 0.717) is 6.61 Å². The number of ether oxygens (including phenoxy) is 2. The monoisotopic (exact) mass is 238 g/mol. The van der Waals surface area contributed by atoms with Gasteiger partial charge < -0.3 is 19.7 Å². The van der Waals surface area contributed by atoms with E-state index in [1.165, 1.54) is 0 Å². The first kappa shape index (κ1) is 12.5. The van der Waals surface area contributed by atoms with Crippen LogP contribution in [0.25, 0.3) is 0 Å². The molecule has 1 aliphatic heterocycles. The molecule has 0 unspecified atom stereocenters. The first-order chi connectivity index (χ1) is 8.18. The summed E-state index contributed by atoms with van der Waals surface area (Å²) < 4.78 is 10.9. The second-order valence-electron chi connectivity index (χ2n) is 4.36. The van der Waals surface area contributed by atoms with Gasteiger partial charge in [0.15, 0.2) is 0 Å². The lowest BCUT2D eigenvalue weighted by atomic mass is 10.1. The Labute approximate surface area is 101 Å². The normalized spacial score (nSPS) is 32.9. The van der Waals surface area contributed by atoms with E-state index in [1.807, 2.05) is 30.3 Å². The molecule has 0 radical (unpaired) electrons. The zero-order valence-corrected chi connectivity index (χ0v) is 9.82. The van der Waals surface area contributed by atoms with Crippen LogP contribution in [0.2, 0.25) is 0 Å². The molecule has 0 bridgehead atoms. The van der Waals surface area contributed by atoms with E-state index in [4.69, 9.17) is 9.47 Å². The number of benzene rings is 1. The van der Waals surface area contributed by atoms with Crippen molar-refractivity contribution in [3.05, 3.63) is 35.9 Å². The molecule has 1 aromatic rings. The molecular formula is C13H18O4. The Kier molecular flexibility index (Phi) is 4.12. The van der Waals surface area contributed by atoms with Crippen LogP contribution in [0.15, 0.2) is 30.3 Å². The largest absolute Gasteiger partial charge is 0.388 e. The third kappa shape index (κ3) is 3.04. The van der Waals surface area contributed by atoms with Crippen LogP contribution in [0.5, 0.6) is 0 Å². The van der Waals surface area contributed by atoms with Crippen LogP contribution in [0.4, 0.5) is 0 Å². The van der Waals surface area contributed by atoms with Gasteiger partial charge in [0.05, 0.1) is 19.3 Å². The van der Waals surface area contributed by atoms with Crippen molar-refractivity contribution in [2.75, 3.05) is 6.61 Å². The number of aliphatic hydroxyl groups is 2. The summed E-state index contributed by atoms with van der Waals surface area (Å²) in [5.41, 5.74) is 1.08. The molecule has 2 N–H and O–H groups in total. The van der Waals surface area contributed by atoms with Gasteiger partial charge in [0.1, 0.15) is 18.3 Å². The van der Waals surface area contributed by atoms with Crippen molar-refractivity contribution in [2.45, 2.75) is 37.9 Å². The van der Waals surface area contributed by atoms with Gasteiger partial charge in [-0.05, 0) is 12.5 Å². The Hall–Kier alpha value is -0.940. The van der Waals surface area contributed by atoms with Gasteiger partial charge in [-0.25, -0.2) is 0 Å². The minimum atomic E-state index is -0.860. The second kappa shape index (κ2) is 5.60. The molecule has 17 heavy (non-hydrogen) atoms. The number of hydrogen-bond donors (Lipinski definition) is 2. The lowest BCUT2D eigenvalue weighted by Crippen LogP contribution is -2.33. The molecule has 0 spiro atoms. The van der Waals surface area contributed by atoms with Gasteiger partial charge in [0.2, 0.25) is 0 Å². The molecule has 1 fully saturated rings. The maximum atomic E-state index is 9.67. The highest BCUT2D eigenvalue weighted by molar-refractivity contribution is 5.13. The SMILES string of the molecule is C[C@@H]1O[C@H](COCc2ccccc2)[C@@H](O)[C@H]1O. The molecule has 2 rings (SSSR count). The third-order valence-electron chi connectivity index (χ3n) is 2.99. The molecule has 0 saturated carbocycles. The lowest BCUT2D eigenvalue weighted by Gasteiger charge is -2.14. The van der Waals surface area contributed by atoms with Crippen molar-refractivity contribution in [3.63, 3.8) is 0 Å². The Balaban J connectivity index is 1.76. The van der Waals surface area contributed by atoms with Crippen LogP contribution >= 0.6 is 0 Å². The van der Waals surface area contributed by atoms with Crippen molar-refractivity contribution in [1.29, 1.82) is 0 Å². The van der Waals surface area contributed by atoms with Gasteiger partial charge in [-0.1, -0.05) is 30.3 Å². The van der Waals surface area contributed by atoms with Crippen molar-refractivity contribution in [1.82, 2.24) is 0 Å². The summed E-state index contributed by atoms with van der Waals surface area (Å²) in [4.78, 5) is 0. The highest BCUT2D eigenvalue weighted by Gasteiger charge is 2.40. The standard InChI is InChI=1S/C13H18O4/c1-9-12(14)13(15)11(17-9)8-16-7-10-5-3-2-4-6-10/h2-6,9,11-15H,7-8H2,1H3/t9-,11+,12-,13+/m0/s1. The van der Waals surface area contributed by atoms with E-state index in [-0.39, 0.29) is 12.7 Å². The van der Waals surface area contributed by atoms with Gasteiger partial charge in [0, 0.05) is 0 Å². The van der Waals surface area contributed by atoms with Crippen molar-refractivity contribution in [3.8, 4) is 0 Å². The fraction of sp³-hybridized carbons (Fsp3) is 0.538. The molecule has 1 aliphatic rings. The Morgan fingerprint density at radius 2 is 1.88 bits per heavy atom. The molecule has 4 nitrogen and oxygen atoms in total. The van der Waals surface area contributed by atoms with E-state index in [0.717, 1.165) is 5.56 Å². The van der Waals surface area contributed by atoms with Crippen LogP contribution in [0.1, 0.15) is 12.5 Å². The van der Waals surface area contributed by atoms with Gasteiger partial charge in [-0.2, -0.15) is 0 Å². The number of aliphatic hydroxyl groups excluding tert-OH is 2. The summed E-state index contributed by atoms with van der Waals surface area (Å²) in [7, 11) is 0.